The largest absolute Gasteiger partial charge is 0.330 e. The fraction of sp³-hybridized carbons (Fsp3) is 0.400. The summed E-state index contributed by atoms with van der Waals surface area (Å²) < 4.78 is 0. The lowest BCUT2D eigenvalue weighted by molar-refractivity contribution is -0.143. The molecule has 6 heteroatoms. The summed E-state index contributed by atoms with van der Waals surface area (Å²) in [4.78, 5) is 37.4. The molecular formula is C15H19N3O3. The lowest BCUT2D eigenvalue weighted by Gasteiger charge is -2.40. The molecule has 1 aliphatic rings. The average Bonchev–Trinajstić information content (AvgIpc) is 2.43. The minimum Gasteiger partial charge on any atom is -0.330 e. The second-order valence-corrected chi connectivity index (χ2v) is 5.57. The lowest BCUT2D eigenvalue weighted by atomic mass is 9.97. The van der Waals surface area contributed by atoms with Crippen LogP contribution in [0.3, 0.4) is 0 Å². The Balaban J connectivity index is 2.31. The van der Waals surface area contributed by atoms with Gasteiger partial charge in [0.1, 0.15) is 12.1 Å². The van der Waals surface area contributed by atoms with Crippen LogP contribution in [0.15, 0.2) is 24.3 Å². The molecule has 1 aromatic carbocycles. The summed E-state index contributed by atoms with van der Waals surface area (Å²) in [5.41, 5.74) is 5.86. The van der Waals surface area contributed by atoms with Gasteiger partial charge in [-0.25, -0.2) is 0 Å². The third-order valence-corrected chi connectivity index (χ3v) is 3.64. The zero-order chi connectivity index (χ0) is 15.6. The molecule has 0 unspecified atom stereocenters. The molecule has 0 bridgehead atoms. The Kier molecular flexibility index (Phi) is 4.09. The molecule has 0 atom stereocenters. The first-order valence-electron chi connectivity index (χ1n) is 6.81. The van der Waals surface area contributed by atoms with E-state index in [4.69, 9.17) is 5.73 Å². The number of piperazine rings is 1. The van der Waals surface area contributed by atoms with Gasteiger partial charge in [-0.3, -0.25) is 19.7 Å². The lowest BCUT2D eigenvalue weighted by Crippen LogP contribution is -2.65. The highest BCUT2D eigenvalue weighted by Gasteiger charge is 2.43. The third-order valence-electron chi connectivity index (χ3n) is 3.64. The first-order valence-corrected chi connectivity index (χ1v) is 6.81. The molecule has 1 aromatic rings. The van der Waals surface area contributed by atoms with Crippen LogP contribution in [0.1, 0.15) is 29.8 Å². The molecule has 1 fully saturated rings. The first kappa shape index (κ1) is 15.2. The van der Waals surface area contributed by atoms with Crippen molar-refractivity contribution in [3.8, 4) is 0 Å². The van der Waals surface area contributed by atoms with Crippen LogP contribution in [0, 0.1) is 0 Å². The molecule has 6 nitrogen and oxygen atoms in total. The number of amides is 3. The van der Waals surface area contributed by atoms with E-state index < -0.39 is 17.4 Å². The van der Waals surface area contributed by atoms with Crippen molar-refractivity contribution >= 4 is 17.7 Å². The molecule has 0 spiro atoms. The van der Waals surface area contributed by atoms with Gasteiger partial charge in [0.2, 0.25) is 5.91 Å². The smallest absolute Gasteiger partial charge is 0.255 e. The van der Waals surface area contributed by atoms with Crippen LogP contribution in [-0.4, -0.2) is 41.2 Å². The SMILES string of the molecule is CC1(C)C(=O)NC(=O)CN1C(=O)c1cccc(CCN)c1. The fourth-order valence-corrected chi connectivity index (χ4v) is 2.29. The average molecular weight is 289 g/mol. The molecule has 1 aliphatic heterocycles. The van der Waals surface area contributed by atoms with E-state index in [1.165, 1.54) is 4.90 Å². The van der Waals surface area contributed by atoms with Crippen LogP contribution in [0.5, 0.6) is 0 Å². The maximum atomic E-state index is 12.6. The van der Waals surface area contributed by atoms with E-state index in [1.807, 2.05) is 6.07 Å². The van der Waals surface area contributed by atoms with Crippen molar-refractivity contribution in [3.63, 3.8) is 0 Å². The molecule has 0 aliphatic carbocycles. The number of nitrogens with two attached hydrogens (primary N) is 1. The highest BCUT2D eigenvalue weighted by atomic mass is 16.2. The Morgan fingerprint density at radius 1 is 1.38 bits per heavy atom. The predicted octanol–water partition coefficient (Wildman–Crippen LogP) is 0.0650. The summed E-state index contributed by atoms with van der Waals surface area (Å²) in [6.07, 6.45) is 0.671. The molecule has 0 radical (unpaired) electrons. The summed E-state index contributed by atoms with van der Waals surface area (Å²) in [5.74, 6) is -1.27. The van der Waals surface area contributed by atoms with Gasteiger partial charge in [0.15, 0.2) is 0 Å². The molecule has 1 heterocycles. The van der Waals surface area contributed by atoms with Crippen molar-refractivity contribution in [1.29, 1.82) is 0 Å². The number of benzene rings is 1. The first-order chi connectivity index (χ1) is 9.86. The molecule has 1 saturated heterocycles. The Hall–Kier alpha value is -2.21. The van der Waals surface area contributed by atoms with Crippen LogP contribution in [0.4, 0.5) is 0 Å². The number of hydrogen-bond donors (Lipinski definition) is 2. The van der Waals surface area contributed by atoms with Gasteiger partial charge in [0.25, 0.3) is 11.8 Å². The molecule has 0 aromatic heterocycles. The van der Waals surface area contributed by atoms with Crippen LogP contribution in [0.25, 0.3) is 0 Å². The Bertz CT molecular complexity index is 596. The van der Waals surface area contributed by atoms with E-state index in [-0.39, 0.29) is 12.5 Å². The Morgan fingerprint density at radius 2 is 2.10 bits per heavy atom. The van der Waals surface area contributed by atoms with E-state index in [0.29, 0.717) is 18.5 Å². The van der Waals surface area contributed by atoms with E-state index in [2.05, 4.69) is 5.32 Å². The Morgan fingerprint density at radius 3 is 2.76 bits per heavy atom. The van der Waals surface area contributed by atoms with Gasteiger partial charge in [0, 0.05) is 5.56 Å². The minimum absolute atomic E-state index is 0.126. The molecule has 2 rings (SSSR count). The maximum Gasteiger partial charge on any atom is 0.255 e. The molecule has 0 saturated carbocycles. The zero-order valence-corrected chi connectivity index (χ0v) is 12.2. The highest BCUT2D eigenvalue weighted by molar-refractivity contribution is 6.08. The zero-order valence-electron chi connectivity index (χ0n) is 12.2. The fourth-order valence-electron chi connectivity index (χ4n) is 2.29. The number of hydrogen-bond acceptors (Lipinski definition) is 4. The quantitative estimate of drug-likeness (QED) is 0.770. The van der Waals surface area contributed by atoms with Crippen molar-refractivity contribution in [3.05, 3.63) is 35.4 Å². The van der Waals surface area contributed by atoms with Crippen molar-refractivity contribution in [2.75, 3.05) is 13.1 Å². The number of imide groups is 1. The van der Waals surface area contributed by atoms with Crippen LogP contribution < -0.4 is 11.1 Å². The molecule has 112 valence electrons. The number of nitrogens with zero attached hydrogens (tertiary/aromatic N) is 1. The molecule has 3 amide bonds. The summed E-state index contributed by atoms with van der Waals surface area (Å²) in [7, 11) is 0. The highest BCUT2D eigenvalue weighted by Crippen LogP contribution is 2.21. The summed E-state index contributed by atoms with van der Waals surface area (Å²) in [6.45, 7) is 3.61. The second-order valence-electron chi connectivity index (χ2n) is 5.57. The molecule has 3 N–H and O–H groups in total. The van der Waals surface area contributed by atoms with Crippen molar-refractivity contribution in [1.82, 2.24) is 10.2 Å². The molecular weight excluding hydrogens is 270 g/mol. The number of carbonyl (C=O) groups excluding carboxylic acids is 3. The van der Waals surface area contributed by atoms with Crippen molar-refractivity contribution in [2.24, 2.45) is 5.73 Å². The van der Waals surface area contributed by atoms with Gasteiger partial charge >= 0.3 is 0 Å². The number of carbonyl (C=O) groups is 3. The van der Waals surface area contributed by atoms with E-state index in [0.717, 1.165) is 5.56 Å². The minimum atomic E-state index is -1.06. The number of rotatable bonds is 3. The van der Waals surface area contributed by atoms with Crippen LogP contribution in [0.2, 0.25) is 0 Å². The predicted molar refractivity (Wildman–Crippen MR) is 77.5 cm³/mol. The van der Waals surface area contributed by atoms with Gasteiger partial charge in [-0.05, 0) is 44.5 Å². The normalized spacial score (nSPS) is 17.6. The van der Waals surface area contributed by atoms with Crippen LogP contribution >= 0.6 is 0 Å². The standard InChI is InChI=1S/C15H19N3O3/c1-15(2)14(21)17-12(19)9-18(15)13(20)11-5-3-4-10(8-11)6-7-16/h3-5,8H,6-7,9,16H2,1-2H3,(H,17,19,21). The van der Waals surface area contributed by atoms with Gasteiger partial charge in [-0.15, -0.1) is 0 Å². The van der Waals surface area contributed by atoms with Crippen molar-refractivity contribution < 1.29 is 14.4 Å². The van der Waals surface area contributed by atoms with Gasteiger partial charge in [0.05, 0.1) is 0 Å². The topological polar surface area (TPSA) is 92.5 Å². The van der Waals surface area contributed by atoms with E-state index in [9.17, 15) is 14.4 Å². The summed E-state index contributed by atoms with van der Waals surface area (Å²) in [5, 5.41) is 2.25. The Labute approximate surface area is 123 Å². The van der Waals surface area contributed by atoms with Gasteiger partial charge in [-0.1, -0.05) is 12.1 Å². The maximum absolute atomic E-state index is 12.6. The van der Waals surface area contributed by atoms with Crippen LogP contribution in [-0.2, 0) is 16.0 Å². The summed E-state index contributed by atoms with van der Waals surface area (Å²) in [6, 6.07) is 7.09. The summed E-state index contributed by atoms with van der Waals surface area (Å²) >= 11 is 0. The monoisotopic (exact) mass is 289 g/mol. The van der Waals surface area contributed by atoms with Crippen molar-refractivity contribution in [2.45, 2.75) is 25.8 Å². The number of nitrogens with one attached hydrogen (secondary N) is 1. The molecule has 21 heavy (non-hydrogen) atoms. The second kappa shape index (κ2) is 5.65. The van der Waals surface area contributed by atoms with E-state index >= 15 is 0 Å². The van der Waals surface area contributed by atoms with Gasteiger partial charge in [-0.2, -0.15) is 0 Å². The third kappa shape index (κ3) is 2.95. The van der Waals surface area contributed by atoms with E-state index in [1.54, 1.807) is 32.0 Å². The van der Waals surface area contributed by atoms with Gasteiger partial charge < -0.3 is 10.6 Å².